The van der Waals surface area contributed by atoms with Crippen LogP contribution in [0.3, 0.4) is 0 Å². The van der Waals surface area contributed by atoms with Gasteiger partial charge in [0.25, 0.3) is 5.91 Å². The Morgan fingerprint density at radius 1 is 0.939 bits per heavy atom. The van der Waals surface area contributed by atoms with Gasteiger partial charge in [0.2, 0.25) is 17.7 Å². The first-order valence-corrected chi connectivity index (χ1v) is 23.5. The number of nitrogens with zero attached hydrogens (tertiary/aromatic N) is 2. The third-order valence-corrected chi connectivity index (χ3v) is 13.3. The molecule has 21 heteroatoms. The highest BCUT2D eigenvalue weighted by Crippen LogP contribution is 2.48. The van der Waals surface area contributed by atoms with Crippen LogP contribution in [-0.2, 0) is 52.6 Å². The van der Waals surface area contributed by atoms with Crippen LogP contribution in [0.2, 0.25) is 0 Å². The van der Waals surface area contributed by atoms with Gasteiger partial charge in [0.05, 0.1) is 26.4 Å². The molecule has 4 fully saturated rings. The lowest BCUT2D eigenvalue weighted by Gasteiger charge is -2.36. The number of amides is 4. The van der Waals surface area contributed by atoms with Crippen molar-refractivity contribution < 1.29 is 65.0 Å². The number of carbonyl (C=O) groups excluding carboxylic acids is 5. The van der Waals surface area contributed by atoms with Gasteiger partial charge in [0.15, 0.2) is 0 Å². The van der Waals surface area contributed by atoms with Gasteiger partial charge in [-0.15, -0.1) is 0 Å². The number of likely N-dealkylation sites (tertiary alicyclic amines) is 1. The molecule has 3 saturated carbocycles. The molecule has 3 aliphatic carbocycles. The molecule has 7 atom stereocenters. The van der Waals surface area contributed by atoms with Crippen LogP contribution < -0.4 is 30.6 Å². The second-order valence-corrected chi connectivity index (χ2v) is 21.2. The van der Waals surface area contributed by atoms with Gasteiger partial charge in [-0.1, -0.05) is 20.8 Å². The molecule has 0 unspecified atom stereocenters. The normalized spacial score (nSPS) is 25.6. The number of alkyl carbamates (subject to hydrolysis) is 1. The summed E-state index contributed by atoms with van der Waals surface area (Å²) in [7, 11) is 1.57. The summed E-state index contributed by atoms with van der Waals surface area (Å²) >= 11 is 0. The number of ether oxygens (including phenoxy) is 6. The van der Waals surface area contributed by atoms with Crippen molar-refractivity contribution in [3.05, 3.63) is 30.5 Å². The predicted molar refractivity (Wildman–Crippen MR) is 240 cm³/mol. The number of fused-ring (bicyclic) bond motifs is 1. The number of esters is 1. The van der Waals surface area contributed by atoms with Crippen molar-refractivity contribution in [2.75, 3.05) is 48.2 Å². The number of rotatable bonds is 18. The number of methoxy groups -OCH3 is 4. The van der Waals surface area contributed by atoms with Crippen molar-refractivity contribution in [2.24, 2.45) is 23.0 Å². The Bertz CT molecular complexity index is 2230. The van der Waals surface area contributed by atoms with Crippen LogP contribution in [0.4, 0.5) is 4.79 Å². The molecule has 1 aliphatic heterocycles. The molecule has 66 heavy (non-hydrogen) atoms. The van der Waals surface area contributed by atoms with Crippen molar-refractivity contribution in [2.45, 2.75) is 134 Å². The van der Waals surface area contributed by atoms with E-state index in [0.29, 0.717) is 37.0 Å². The average Bonchev–Trinajstić information content (AvgIpc) is 4.19. The number of carbonyl (C=O) groups is 5. The summed E-state index contributed by atoms with van der Waals surface area (Å²) in [6, 6.07) is 4.88. The van der Waals surface area contributed by atoms with Gasteiger partial charge in [0, 0.05) is 45.4 Å². The topological polar surface area (TPSA) is 262 Å². The summed E-state index contributed by atoms with van der Waals surface area (Å²) < 4.78 is 64.8. The molecular formula is C45H68N6O14S. The SMILES string of the molecule is COCC[C@@H]1C[C@]1(N)C(=O)OC.COCC[C@@H]1C[C@]1(NC(=O)[C@@H]1C[C@@H](Oc2nccc3cc(OC)ccc23)CN1C(=O)[C@@H](NC(=O)OC(C)(C)C)C(C)(C)C)C(=O)NS(=O)(=O)OC1(C)CC1. The fourth-order valence-corrected chi connectivity index (χ4v) is 9.16. The third-order valence-electron chi connectivity index (χ3n) is 12.2. The van der Waals surface area contributed by atoms with Crippen molar-refractivity contribution in [1.82, 2.24) is 25.2 Å². The smallest absolute Gasteiger partial charge is 0.408 e. The Kier molecular flexibility index (Phi) is 15.9. The number of pyridine rings is 1. The zero-order valence-electron chi connectivity index (χ0n) is 39.9. The maximum absolute atomic E-state index is 14.5. The monoisotopic (exact) mass is 948 g/mol. The summed E-state index contributed by atoms with van der Waals surface area (Å²) in [5, 5.41) is 6.99. The van der Waals surface area contributed by atoms with Crippen LogP contribution in [0.15, 0.2) is 30.5 Å². The van der Waals surface area contributed by atoms with E-state index in [1.54, 1.807) is 87.1 Å². The van der Waals surface area contributed by atoms with Crippen LogP contribution in [0.5, 0.6) is 11.6 Å². The Morgan fingerprint density at radius 3 is 2.17 bits per heavy atom. The molecule has 0 radical (unpaired) electrons. The largest absolute Gasteiger partial charge is 0.497 e. The van der Waals surface area contributed by atoms with Gasteiger partial charge >= 0.3 is 22.4 Å². The Morgan fingerprint density at radius 2 is 1.59 bits per heavy atom. The fraction of sp³-hybridized carbons (Fsp3) is 0.689. The summed E-state index contributed by atoms with van der Waals surface area (Å²) in [6.45, 7) is 12.9. The lowest BCUT2D eigenvalue weighted by atomic mass is 9.85. The minimum atomic E-state index is -4.49. The summed E-state index contributed by atoms with van der Waals surface area (Å²) in [5.41, 5.74) is 0.869. The molecule has 2 heterocycles. The van der Waals surface area contributed by atoms with Crippen LogP contribution in [0, 0.1) is 17.3 Å². The first-order chi connectivity index (χ1) is 30.7. The van der Waals surface area contributed by atoms with Crippen molar-refractivity contribution in [1.29, 1.82) is 0 Å². The third kappa shape index (κ3) is 13.0. The van der Waals surface area contributed by atoms with Crippen molar-refractivity contribution in [3.63, 3.8) is 0 Å². The summed E-state index contributed by atoms with van der Waals surface area (Å²) in [6.07, 6.45) is 3.12. The second-order valence-electron chi connectivity index (χ2n) is 19.9. The summed E-state index contributed by atoms with van der Waals surface area (Å²) in [4.78, 5) is 72.5. The Hall–Kier alpha value is -4.83. The maximum Gasteiger partial charge on any atom is 0.408 e. The fourth-order valence-electron chi connectivity index (χ4n) is 8.01. The van der Waals surface area contributed by atoms with E-state index in [-0.39, 0.29) is 43.8 Å². The molecule has 0 spiro atoms. The van der Waals surface area contributed by atoms with E-state index >= 15 is 0 Å². The molecule has 4 amide bonds. The number of nitrogens with two attached hydrogens (primary N) is 1. The van der Waals surface area contributed by atoms with E-state index in [0.717, 1.165) is 18.2 Å². The van der Waals surface area contributed by atoms with Gasteiger partial charge in [0.1, 0.15) is 40.6 Å². The first kappa shape index (κ1) is 52.1. The quantitative estimate of drug-likeness (QED) is 0.156. The van der Waals surface area contributed by atoms with Gasteiger partial charge < -0.3 is 49.7 Å². The van der Waals surface area contributed by atoms with E-state index in [1.165, 1.54) is 19.1 Å². The molecule has 1 saturated heterocycles. The van der Waals surface area contributed by atoms with Crippen LogP contribution in [0.25, 0.3) is 10.8 Å². The molecule has 2 aromatic rings. The van der Waals surface area contributed by atoms with Gasteiger partial charge in [-0.2, -0.15) is 8.42 Å². The standard InChI is InChI=1S/C37H53N5O11S.C8H15NO3/c1-34(2,3)28(39-33(46)52-35(4,5)6)31(44)42-21-25(51-30-26-11-10-24(50-9)18-22(26)12-16-38-30)19-27(42)29(43)40-37(20-23(37)13-17-49-8)32(45)41-54(47,48)53-36(7)14-15-36;1-11-4-3-6-5-8(6,9)7(10)12-2/h10-12,16,18,23,25,27-28H,13-15,17,19-21H2,1-9H3,(H,39,46)(H,40,43)(H,41,45);6H,3-5,9H2,1-2H3/t23-,25-,27+,28-,37-;6-,8-/m11/s1. The Labute approximate surface area is 387 Å². The lowest BCUT2D eigenvalue weighted by Crippen LogP contribution is -2.60. The number of aromatic nitrogens is 1. The van der Waals surface area contributed by atoms with Gasteiger partial charge in [-0.05, 0) is 113 Å². The Balaban J connectivity index is 0.000000590. The minimum absolute atomic E-state index is 0.00467. The van der Waals surface area contributed by atoms with Crippen molar-refractivity contribution >= 4 is 50.9 Å². The van der Waals surface area contributed by atoms with E-state index in [4.69, 9.17) is 33.6 Å². The minimum Gasteiger partial charge on any atom is -0.497 e. The molecule has 1 aromatic carbocycles. The van der Waals surface area contributed by atoms with Gasteiger partial charge in [-0.25, -0.2) is 18.7 Å². The molecule has 5 N–H and O–H groups in total. The highest BCUT2D eigenvalue weighted by molar-refractivity contribution is 7.85. The summed E-state index contributed by atoms with van der Waals surface area (Å²) in [5.74, 6) is -1.82. The zero-order chi connectivity index (χ0) is 49.0. The average molecular weight is 949 g/mol. The number of benzene rings is 1. The molecule has 6 rings (SSSR count). The van der Waals surface area contributed by atoms with Crippen LogP contribution in [-0.4, -0.2) is 137 Å². The van der Waals surface area contributed by atoms with Crippen molar-refractivity contribution in [3.8, 4) is 11.6 Å². The number of hydrogen-bond donors (Lipinski definition) is 4. The van der Waals surface area contributed by atoms with E-state index in [2.05, 4.69) is 20.4 Å². The lowest BCUT2D eigenvalue weighted by molar-refractivity contribution is -0.144. The highest BCUT2D eigenvalue weighted by atomic mass is 32.2. The molecule has 20 nitrogen and oxygen atoms in total. The van der Waals surface area contributed by atoms with Crippen LogP contribution >= 0.6 is 0 Å². The number of nitrogens with one attached hydrogen (secondary N) is 3. The zero-order valence-corrected chi connectivity index (χ0v) is 40.8. The maximum atomic E-state index is 14.5. The second kappa shape index (κ2) is 20.2. The van der Waals surface area contributed by atoms with E-state index in [9.17, 15) is 32.4 Å². The molecule has 4 aliphatic rings. The van der Waals surface area contributed by atoms with Crippen LogP contribution in [0.1, 0.15) is 93.4 Å². The first-order valence-electron chi connectivity index (χ1n) is 22.1. The number of hydrogen-bond acceptors (Lipinski definition) is 16. The molecule has 368 valence electrons. The van der Waals surface area contributed by atoms with E-state index < -0.39 is 85.9 Å². The predicted octanol–water partition coefficient (Wildman–Crippen LogP) is 3.29. The molecule has 1 aromatic heterocycles. The molecule has 0 bridgehead atoms. The molecular weight excluding hydrogens is 881 g/mol. The van der Waals surface area contributed by atoms with Gasteiger partial charge in [-0.3, -0.25) is 19.2 Å². The van der Waals surface area contributed by atoms with E-state index in [1.807, 2.05) is 10.8 Å². The highest BCUT2D eigenvalue weighted by Gasteiger charge is 2.63.